The standard InChI is InChI=1S/C11H13NO/c1-8(2)9-5-3-4-6-10(9)11(13)7-12/h3-8,12H,1-2H3. The Morgan fingerprint density at radius 1 is 1.38 bits per heavy atom. The van der Waals surface area contributed by atoms with Crippen molar-refractivity contribution in [1.82, 2.24) is 0 Å². The molecule has 13 heavy (non-hydrogen) atoms. The van der Waals surface area contributed by atoms with E-state index in [-0.39, 0.29) is 5.78 Å². The molecule has 0 aliphatic carbocycles. The zero-order chi connectivity index (χ0) is 9.84. The Kier molecular flexibility index (Phi) is 2.96. The average Bonchev–Trinajstić information content (AvgIpc) is 2.16. The van der Waals surface area contributed by atoms with Crippen LogP contribution in [-0.2, 0) is 0 Å². The van der Waals surface area contributed by atoms with Crippen LogP contribution in [0.2, 0.25) is 0 Å². The Balaban J connectivity index is 3.19. The maximum absolute atomic E-state index is 11.3. The van der Waals surface area contributed by atoms with Crippen LogP contribution in [0.15, 0.2) is 24.3 Å². The summed E-state index contributed by atoms with van der Waals surface area (Å²) in [7, 11) is 0. The van der Waals surface area contributed by atoms with Crippen molar-refractivity contribution in [3.05, 3.63) is 35.4 Å². The fourth-order valence-electron chi connectivity index (χ4n) is 1.30. The van der Waals surface area contributed by atoms with Crippen LogP contribution in [0, 0.1) is 5.41 Å². The van der Waals surface area contributed by atoms with Crippen LogP contribution in [0.1, 0.15) is 35.7 Å². The molecule has 68 valence electrons. The van der Waals surface area contributed by atoms with Crippen molar-refractivity contribution in [2.24, 2.45) is 0 Å². The summed E-state index contributed by atoms with van der Waals surface area (Å²) in [6.45, 7) is 4.08. The van der Waals surface area contributed by atoms with Gasteiger partial charge in [-0.2, -0.15) is 0 Å². The molecular weight excluding hydrogens is 162 g/mol. The van der Waals surface area contributed by atoms with Crippen molar-refractivity contribution < 1.29 is 4.79 Å². The summed E-state index contributed by atoms with van der Waals surface area (Å²) >= 11 is 0. The molecule has 2 nitrogen and oxygen atoms in total. The third-order valence-corrected chi connectivity index (χ3v) is 1.98. The maximum Gasteiger partial charge on any atom is 0.203 e. The third kappa shape index (κ3) is 2.02. The molecule has 0 heterocycles. The van der Waals surface area contributed by atoms with Gasteiger partial charge < -0.3 is 5.41 Å². The molecule has 0 saturated heterocycles. The molecule has 0 saturated carbocycles. The first-order chi connectivity index (χ1) is 6.16. The molecule has 1 N–H and O–H groups in total. The lowest BCUT2D eigenvalue weighted by Crippen LogP contribution is -2.05. The van der Waals surface area contributed by atoms with E-state index >= 15 is 0 Å². The number of ketones is 1. The number of benzene rings is 1. The predicted molar refractivity (Wildman–Crippen MR) is 53.6 cm³/mol. The van der Waals surface area contributed by atoms with Gasteiger partial charge in [0.05, 0.1) is 6.21 Å². The summed E-state index contributed by atoms with van der Waals surface area (Å²) in [4.78, 5) is 11.3. The first-order valence-corrected chi connectivity index (χ1v) is 4.30. The first kappa shape index (κ1) is 9.65. The lowest BCUT2D eigenvalue weighted by molar-refractivity contribution is 0.106. The van der Waals surface area contributed by atoms with Crippen LogP contribution in [0.3, 0.4) is 0 Å². The summed E-state index contributed by atoms with van der Waals surface area (Å²) in [6, 6.07) is 7.43. The fraction of sp³-hybridized carbons (Fsp3) is 0.273. The molecule has 0 radical (unpaired) electrons. The minimum atomic E-state index is -0.218. The van der Waals surface area contributed by atoms with E-state index < -0.39 is 0 Å². The van der Waals surface area contributed by atoms with Crippen molar-refractivity contribution >= 4 is 12.0 Å². The van der Waals surface area contributed by atoms with Crippen molar-refractivity contribution in [1.29, 1.82) is 5.41 Å². The van der Waals surface area contributed by atoms with Crippen LogP contribution < -0.4 is 0 Å². The van der Waals surface area contributed by atoms with Crippen molar-refractivity contribution in [3.8, 4) is 0 Å². The summed E-state index contributed by atoms with van der Waals surface area (Å²) in [6.07, 6.45) is 0.862. The number of carbonyl (C=O) groups is 1. The van der Waals surface area contributed by atoms with E-state index in [1.54, 1.807) is 6.07 Å². The third-order valence-electron chi connectivity index (χ3n) is 1.98. The second-order valence-corrected chi connectivity index (χ2v) is 3.25. The van der Waals surface area contributed by atoms with Gasteiger partial charge in [-0.25, -0.2) is 0 Å². The summed E-state index contributed by atoms with van der Waals surface area (Å²) in [5.41, 5.74) is 1.66. The van der Waals surface area contributed by atoms with Crippen molar-refractivity contribution in [2.75, 3.05) is 0 Å². The second kappa shape index (κ2) is 3.99. The number of carbonyl (C=O) groups excluding carboxylic acids is 1. The van der Waals surface area contributed by atoms with Crippen molar-refractivity contribution in [2.45, 2.75) is 19.8 Å². The smallest absolute Gasteiger partial charge is 0.203 e. The molecule has 0 bridgehead atoms. The van der Waals surface area contributed by atoms with Crippen molar-refractivity contribution in [3.63, 3.8) is 0 Å². The first-order valence-electron chi connectivity index (χ1n) is 4.30. The van der Waals surface area contributed by atoms with E-state index in [0.29, 0.717) is 11.5 Å². The van der Waals surface area contributed by atoms with Gasteiger partial charge in [0.1, 0.15) is 0 Å². The number of hydrogen-bond donors (Lipinski definition) is 1. The fourth-order valence-corrected chi connectivity index (χ4v) is 1.30. The molecule has 0 spiro atoms. The van der Waals surface area contributed by atoms with Crippen LogP contribution in [-0.4, -0.2) is 12.0 Å². The number of rotatable bonds is 3. The Morgan fingerprint density at radius 3 is 2.54 bits per heavy atom. The molecule has 2 heteroatoms. The van der Waals surface area contributed by atoms with E-state index in [0.717, 1.165) is 11.8 Å². The van der Waals surface area contributed by atoms with E-state index in [2.05, 4.69) is 0 Å². The molecule has 0 aromatic heterocycles. The highest BCUT2D eigenvalue weighted by atomic mass is 16.1. The van der Waals surface area contributed by atoms with Crippen LogP contribution >= 0.6 is 0 Å². The van der Waals surface area contributed by atoms with Gasteiger partial charge in [-0.15, -0.1) is 0 Å². The topological polar surface area (TPSA) is 40.9 Å². The van der Waals surface area contributed by atoms with Gasteiger partial charge >= 0.3 is 0 Å². The quantitative estimate of drug-likeness (QED) is 0.556. The highest BCUT2D eigenvalue weighted by Gasteiger charge is 2.10. The molecule has 0 aliphatic rings. The van der Waals surface area contributed by atoms with Crippen LogP contribution in [0.25, 0.3) is 0 Å². The normalized spacial score (nSPS) is 10.1. The van der Waals surface area contributed by atoms with E-state index in [1.165, 1.54) is 0 Å². The molecule has 0 aliphatic heterocycles. The lowest BCUT2D eigenvalue weighted by atomic mass is 9.95. The Bertz CT molecular complexity index is 329. The number of nitrogens with one attached hydrogen (secondary N) is 1. The second-order valence-electron chi connectivity index (χ2n) is 3.25. The summed E-state index contributed by atoms with van der Waals surface area (Å²) < 4.78 is 0. The molecule has 1 rings (SSSR count). The highest BCUT2D eigenvalue weighted by Crippen LogP contribution is 2.18. The zero-order valence-corrected chi connectivity index (χ0v) is 7.87. The lowest BCUT2D eigenvalue weighted by Gasteiger charge is -2.09. The molecule has 1 aromatic carbocycles. The average molecular weight is 175 g/mol. The summed E-state index contributed by atoms with van der Waals surface area (Å²) in [5.74, 6) is 0.101. The SMILES string of the molecule is CC(C)c1ccccc1C(=O)C=N. The number of Topliss-reactive ketones (excluding diaryl/α,β-unsaturated/α-hetero) is 1. The van der Waals surface area contributed by atoms with Gasteiger partial charge in [0.2, 0.25) is 5.78 Å². The van der Waals surface area contributed by atoms with E-state index in [9.17, 15) is 4.79 Å². The maximum atomic E-state index is 11.3. The van der Waals surface area contributed by atoms with Gasteiger partial charge in [0.25, 0.3) is 0 Å². The van der Waals surface area contributed by atoms with Crippen LogP contribution in [0.5, 0.6) is 0 Å². The molecule has 0 unspecified atom stereocenters. The Morgan fingerprint density at radius 2 is 2.00 bits per heavy atom. The minimum absolute atomic E-state index is 0.218. The molecular formula is C11H13NO. The van der Waals surface area contributed by atoms with E-state index in [1.807, 2.05) is 32.0 Å². The highest BCUT2D eigenvalue weighted by molar-refractivity contribution is 6.34. The Hall–Kier alpha value is -1.44. The van der Waals surface area contributed by atoms with Gasteiger partial charge in [-0.1, -0.05) is 38.1 Å². The Labute approximate surface area is 78.1 Å². The monoisotopic (exact) mass is 175 g/mol. The predicted octanol–water partition coefficient (Wildman–Crippen LogP) is 2.64. The summed E-state index contributed by atoms with van der Waals surface area (Å²) in [5, 5.41) is 6.91. The van der Waals surface area contributed by atoms with Gasteiger partial charge in [-0.05, 0) is 11.5 Å². The van der Waals surface area contributed by atoms with Gasteiger partial charge in [-0.3, -0.25) is 4.79 Å². The van der Waals surface area contributed by atoms with Gasteiger partial charge in [0, 0.05) is 5.56 Å². The molecule has 0 fully saturated rings. The molecule has 0 atom stereocenters. The minimum Gasteiger partial charge on any atom is -0.305 e. The molecule has 0 amide bonds. The van der Waals surface area contributed by atoms with Crippen LogP contribution in [0.4, 0.5) is 0 Å². The molecule has 1 aromatic rings. The van der Waals surface area contributed by atoms with E-state index in [4.69, 9.17) is 5.41 Å². The largest absolute Gasteiger partial charge is 0.305 e. The zero-order valence-electron chi connectivity index (χ0n) is 7.87. The van der Waals surface area contributed by atoms with Gasteiger partial charge in [0.15, 0.2) is 0 Å². The number of hydrogen-bond acceptors (Lipinski definition) is 2.